The zero-order valence-electron chi connectivity index (χ0n) is 9.91. The standard InChI is InChI=1S/C13H16O5/c14-12(15)10-7-3-4-8-11(10)18-13(16)17-9-5-1-2-6-9/h3-4,7-9,12,14-15H,1-2,5-6H2. The number of benzene rings is 1. The van der Waals surface area contributed by atoms with Gasteiger partial charge >= 0.3 is 6.16 Å². The second-order valence-electron chi connectivity index (χ2n) is 4.29. The van der Waals surface area contributed by atoms with Crippen LogP contribution in [-0.4, -0.2) is 22.5 Å². The van der Waals surface area contributed by atoms with E-state index in [2.05, 4.69) is 0 Å². The lowest BCUT2D eigenvalue weighted by Crippen LogP contribution is -2.19. The van der Waals surface area contributed by atoms with Gasteiger partial charge in [-0.15, -0.1) is 0 Å². The highest BCUT2D eigenvalue weighted by atomic mass is 16.7. The molecule has 5 nitrogen and oxygen atoms in total. The van der Waals surface area contributed by atoms with Crippen LogP contribution in [0.3, 0.4) is 0 Å². The molecule has 98 valence electrons. The van der Waals surface area contributed by atoms with Gasteiger partial charge in [-0.05, 0) is 31.7 Å². The number of hydrogen-bond donors (Lipinski definition) is 2. The SMILES string of the molecule is O=C(Oc1ccccc1C(O)O)OC1CCCC1. The lowest BCUT2D eigenvalue weighted by molar-refractivity contribution is -0.0441. The Hall–Kier alpha value is -1.59. The Kier molecular flexibility index (Phi) is 4.17. The van der Waals surface area contributed by atoms with Crippen LogP contribution in [0.2, 0.25) is 0 Å². The van der Waals surface area contributed by atoms with E-state index in [-0.39, 0.29) is 17.4 Å². The maximum Gasteiger partial charge on any atom is 0.514 e. The number of aliphatic hydroxyl groups excluding tert-OH is 1. The molecule has 1 aromatic carbocycles. The summed E-state index contributed by atoms with van der Waals surface area (Å²) in [4.78, 5) is 11.5. The van der Waals surface area contributed by atoms with E-state index in [4.69, 9.17) is 19.7 Å². The van der Waals surface area contributed by atoms with Crippen molar-refractivity contribution in [3.8, 4) is 5.75 Å². The van der Waals surface area contributed by atoms with Crippen molar-refractivity contribution in [3.63, 3.8) is 0 Å². The molecule has 1 aromatic rings. The molecule has 2 rings (SSSR count). The largest absolute Gasteiger partial charge is 0.514 e. The van der Waals surface area contributed by atoms with E-state index in [0.29, 0.717) is 0 Å². The van der Waals surface area contributed by atoms with Crippen LogP contribution in [0.4, 0.5) is 4.79 Å². The van der Waals surface area contributed by atoms with Gasteiger partial charge in [0.2, 0.25) is 0 Å². The molecule has 1 aliphatic carbocycles. The van der Waals surface area contributed by atoms with Gasteiger partial charge in [0.05, 0.1) is 5.56 Å². The quantitative estimate of drug-likeness (QED) is 0.489. The van der Waals surface area contributed by atoms with Crippen molar-refractivity contribution in [3.05, 3.63) is 29.8 Å². The molecule has 0 saturated heterocycles. The van der Waals surface area contributed by atoms with Crippen LogP contribution in [0.1, 0.15) is 37.5 Å². The smallest absolute Gasteiger partial charge is 0.431 e. The highest BCUT2D eigenvalue weighted by Gasteiger charge is 2.21. The van der Waals surface area contributed by atoms with Gasteiger partial charge in [-0.3, -0.25) is 0 Å². The molecule has 0 unspecified atom stereocenters. The van der Waals surface area contributed by atoms with Crippen LogP contribution >= 0.6 is 0 Å². The molecule has 0 spiro atoms. The average Bonchev–Trinajstić information content (AvgIpc) is 2.82. The molecule has 0 radical (unpaired) electrons. The Morgan fingerprint density at radius 2 is 1.89 bits per heavy atom. The van der Waals surface area contributed by atoms with Crippen molar-refractivity contribution >= 4 is 6.16 Å². The van der Waals surface area contributed by atoms with Gasteiger partial charge in [-0.1, -0.05) is 18.2 Å². The van der Waals surface area contributed by atoms with E-state index in [9.17, 15) is 4.79 Å². The number of rotatable bonds is 3. The zero-order chi connectivity index (χ0) is 13.0. The van der Waals surface area contributed by atoms with Gasteiger partial charge in [0, 0.05) is 0 Å². The molecule has 0 atom stereocenters. The van der Waals surface area contributed by atoms with Crippen molar-refractivity contribution in [2.45, 2.75) is 38.1 Å². The Morgan fingerprint density at radius 3 is 2.56 bits per heavy atom. The number of carbonyl (C=O) groups is 1. The first-order valence-corrected chi connectivity index (χ1v) is 6.00. The summed E-state index contributed by atoms with van der Waals surface area (Å²) in [6.45, 7) is 0. The molecular formula is C13H16O5. The Labute approximate surface area is 105 Å². The van der Waals surface area contributed by atoms with Crippen molar-refractivity contribution in [1.29, 1.82) is 0 Å². The van der Waals surface area contributed by atoms with Gasteiger partial charge in [-0.25, -0.2) is 4.79 Å². The minimum Gasteiger partial charge on any atom is -0.431 e. The summed E-state index contributed by atoms with van der Waals surface area (Å²) in [5, 5.41) is 18.3. The summed E-state index contributed by atoms with van der Waals surface area (Å²) in [5.74, 6) is 0.107. The van der Waals surface area contributed by atoms with Crippen LogP contribution in [0.5, 0.6) is 5.75 Å². The summed E-state index contributed by atoms with van der Waals surface area (Å²) in [5.41, 5.74) is 0.140. The third kappa shape index (κ3) is 3.21. The molecule has 5 heteroatoms. The van der Waals surface area contributed by atoms with E-state index in [1.165, 1.54) is 12.1 Å². The lowest BCUT2D eigenvalue weighted by Gasteiger charge is -2.13. The minimum absolute atomic E-state index is 0.0799. The topological polar surface area (TPSA) is 76.0 Å². The predicted octanol–water partition coefficient (Wildman–Crippen LogP) is 2.13. The maximum atomic E-state index is 11.5. The highest BCUT2D eigenvalue weighted by molar-refractivity contribution is 5.64. The maximum absolute atomic E-state index is 11.5. The van der Waals surface area contributed by atoms with E-state index >= 15 is 0 Å². The first kappa shape index (κ1) is 12.9. The van der Waals surface area contributed by atoms with Crippen molar-refractivity contribution < 1.29 is 24.5 Å². The molecular weight excluding hydrogens is 236 g/mol. The summed E-state index contributed by atoms with van der Waals surface area (Å²) < 4.78 is 10.1. The van der Waals surface area contributed by atoms with Gasteiger partial charge in [0.25, 0.3) is 0 Å². The predicted molar refractivity (Wildman–Crippen MR) is 63.0 cm³/mol. The second kappa shape index (κ2) is 5.84. The molecule has 18 heavy (non-hydrogen) atoms. The van der Waals surface area contributed by atoms with Crippen LogP contribution in [0.25, 0.3) is 0 Å². The Bertz CT molecular complexity index is 410. The number of ether oxygens (including phenoxy) is 2. The Morgan fingerprint density at radius 1 is 1.22 bits per heavy atom. The van der Waals surface area contributed by atoms with E-state index < -0.39 is 12.4 Å². The summed E-state index contributed by atoms with van der Waals surface area (Å²) >= 11 is 0. The summed E-state index contributed by atoms with van der Waals surface area (Å²) in [7, 11) is 0. The molecule has 1 aliphatic rings. The number of para-hydroxylation sites is 1. The monoisotopic (exact) mass is 252 g/mol. The third-order valence-corrected chi connectivity index (χ3v) is 2.96. The minimum atomic E-state index is -1.68. The number of hydrogen-bond acceptors (Lipinski definition) is 5. The molecule has 1 saturated carbocycles. The molecule has 0 aliphatic heterocycles. The zero-order valence-corrected chi connectivity index (χ0v) is 9.91. The third-order valence-electron chi connectivity index (χ3n) is 2.96. The van der Waals surface area contributed by atoms with Gasteiger partial charge in [0.1, 0.15) is 11.9 Å². The van der Waals surface area contributed by atoms with Gasteiger partial charge < -0.3 is 19.7 Å². The van der Waals surface area contributed by atoms with E-state index in [1.807, 2.05) is 0 Å². The second-order valence-corrected chi connectivity index (χ2v) is 4.29. The van der Waals surface area contributed by atoms with Crippen LogP contribution in [0.15, 0.2) is 24.3 Å². The lowest BCUT2D eigenvalue weighted by atomic mass is 10.2. The first-order valence-electron chi connectivity index (χ1n) is 6.00. The molecule has 1 fully saturated rings. The summed E-state index contributed by atoms with van der Waals surface area (Å²) in [6.07, 6.45) is 1.28. The van der Waals surface area contributed by atoms with Gasteiger partial charge in [-0.2, -0.15) is 0 Å². The number of aliphatic hydroxyl groups is 2. The van der Waals surface area contributed by atoms with E-state index in [1.54, 1.807) is 12.1 Å². The molecule has 0 aromatic heterocycles. The summed E-state index contributed by atoms with van der Waals surface area (Å²) in [6, 6.07) is 6.24. The van der Waals surface area contributed by atoms with Crippen molar-refractivity contribution in [1.82, 2.24) is 0 Å². The van der Waals surface area contributed by atoms with Crippen LogP contribution < -0.4 is 4.74 Å². The molecule has 0 heterocycles. The van der Waals surface area contributed by atoms with Crippen molar-refractivity contribution in [2.75, 3.05) is 0 Å². The van der Waals surface area contributed by atoms with Crippen molar-refractivity contribution in [2.24, 2.45) is 0 Å². The average molecular weight is 252 g/mol. The fourth-order valence-corrected chi connectivity index (χ4v) is 2.04. The Balaban J connectivity index is 1.97. The normalized spacial score (nSPS) is 15.9. The first-order chi connectivity index (χ1) is 8.66. The molecule has 2 N–H and O–H groups in total. The van der Waals surface area contributed by atoms with E-state index in [0.717, 1.165) is 25.7 Å². The number of carbonyl (C=O) groups excluding carboxylic acids is 1. The molecule has 0 bridgehead atoms. The van der Waals surface area contributed by atoms with Crippen LogP contribution in [0, 0.1) is 0 Å². The highest BCUT2D eigenvalue weighted by Crippen LogP contribution is 2.25. The molecule has 0 amide bonds. The fraction of sp³-hybridized carbons (Fsp3) is 0.462. The fourth-order valence-electron chi connectivity index (χ4n) is 2.04. The van der Waals surface area contributed by atoms with Gasteiger partial charge in [0.15, 0.2) is 6.29 Å². The van der Waals surface area contributed by atoms with Crippen LogP contribution in [-0.2, 0) is 4.74 Å².